The molecule has 1 atom stereocenters. The molecule has 4 heteroatoms. The van der Waals surface area contributed by atoms with Crippen LogP contribution in [0.2, 0.25) is 0 Å². The lowest BCUT2D eigenvalue weighted by molar-refractivity contribution is 0.168. The number of nitrogens with one attached hydrogen (secondary N) is 1. The standard InChI is InChI=1S/C16H17NO3/c1-11-7-6-10-13(15(11)18)14(17-16(19)20-2)12-8-4-3-5-9-12/h3-10,14,18H,1-2H3,(H,17,19). The van der Waals surface area contributed by atoms with Crippen molar-refractivity contribution in [3.05, 3.63) is 65.2 Å². The molecule has 0 saturated carbocycles. The van der Waals surface area contributed by atoms with E-state index >= 15 is 0 Å². The summed E-state index contributed by atoms with van der Waals surface area (Å²) in [5.41, 5.74) is 2.27. The Morgan fingerprint density at radius 1 is 1.15 bits per heavy atom. The minimum Gasteiger partial charge on any atom is -0.507 e. The van der Waals surface area contributed by atoms with E-state index in [4.69, 9.17) is 0 Å². The molecular weight excluding hydrogens is 254 g/mol. The number of carbonyl (C=O) groups is 1. The smallest absolute Gasteiger partial charge is 0.407 e. The molecule has 0 bridgehead atoms. The second kappa shape index (κ2) is 6.10. The number of methoxy groups -OCH3 is 1. The first-order valence-electron chi connectivity index (χ1n) is 6.31. The molecule has 1 amide bonds. The number of aryl methyl sites for hydroxylation is 1. The van der Waals surface area contributed by atoms with E-state index in [-0.39, 0.29) is 5.75 Å². The number of aromatic hydroxyl groups is 1. The maximum Gasteiger partial charge on any atom is 0.407 e. The lowest BCUT2D eigenvalue weighted by Gasteiger charge is -2.20. The molecule has 0 aliphatic heterocycles. The van der Waals surface area contributed by atoms with Crippen molar-refractivity contribution in [1.29, 1.82) is 0 Å². The molecule has 0 fully saturated rings. The first-order chi connectivity index (χ1) is 9.63. The normalized spacial score (nSPS) is 11.7. The number of phenolic OH excluding ortho intramolecular Hbond substituents is 1. The number of hydrogen-bond donors (Lipinski definition) is 2. The molecule has 2 N–H and O–H groups in total. The van der Waals surface area contributed by atoms with Crippen LogP contribution >= 0.6 is 0 Å². The van der Waals surface area contributed by atoms with Gasteiger partial charge in [0.1, 0.15) is 5.75 Å². The predicted molar refractivity (Wildman–Crippen MR) is 76.7 cm³/mol. The molecule has 104 valence electrons. The molecule has 2 rings (SSSR count). The SMILES string of the molecule is COC(=O)NC(c1ccccc1)c1cccc(C)c1O. The Labute approximate surface area is 118 Å². The zero-order valence-electron chi connectivity index (χ0n) is 11.5. The molecule has 4 nitrogen and oxygen atoms in total. The minimum absolute atomic E-state index is 0.178. The van der Waals surface area contributed by atoms with Crippen molar-refractivity contribution in [2.75, 3.05) is 7.11 Å². The van der Waals surface area contributed by atoms with Gasteiger partial charge in [-0.3, -0.25) is 0 Å². The number of alkyl carbamates (subject to hydrolysis) is 1. The van der Waals surface area contributed by atoms with E-state index in [1.807, 2.05) is 49.4 Å². The van der Waals surface area contributed by atoms with Gasteiger partial charge in [0.05, 0.1) is 13.2 Å². The number of ether oxygens (including phenoxy) is 1. The van der Waals surface area contributed by atoms with Crippen LogP contribution in [0.15, 0.2) is 48.5 Å². The van der Waals surface area contributed by atoms with Crippen molar-refractivity contribution in [1.82, 2.24) is 5.32 Å². The van der Waals surface area contributed by atoms with Crippen molar-refractivity contribution in [2.24, 2.45) is 0 Å². The Morgan fingerprint density at radius 2 is 1.85 bits per heavy atom. The molecule has 0 saturated heterocycles. The minimum atomic E-state index is -0.542. The van der Waals surface area contributed by atoms with E-state index in [9.17, 15) is 9.90 Å². The van der Waals surface area contributed by atoms with Crippen LogP contribution in [0.25, 0.3) is 0 Å². The quantitative estimate of drug-likeness (QED) is 0.901. The molecule has 20 heavy (non-hydrogen) atoms. The average molecular weight is 271 g/mol. The summed E-state index contributed by atoms with van der Waals surface area (Å²) < 4.78 is 4.66. The van der Waals surface area contributed by atoms with Crippen LogP contribution < -0.4 is 5.32 Å². The molecule has 0 heterocycles. The maximum atomic E-state index is 11.6. The van der Waals surface area contributed by atoms with Gasteiger partial charge < -0.3 is 15.2 Å². The van der Waals surface area contributed by atoms with Crippen LogP contribution in [0, 0.1) is 6.92 Å². The average Bonchev–Trinajstić information content (AvgIpc) is 2.48. The van der Waals surface area contributed by atoms with Gasteiger partial charge in [-0.05, 0) is 18.1 Å². The lowest BCUT2D eigenvalue weighted by atomic mass is 9.96. The maximum absolute atomic E-state index is 11.6. The number of hydrogen-bond acceptors (Lipinski definition) is 3. The highest BCUT2D eigenvalue weighted by molar-refractivity contribution is 5.69. The summed E-state index contributed by atoms with van der Waals surface area (Å²) in [6.07, 6.45) is -0.542. The number of benzene rings is 2. The van der Waals surface area contributed by atoms with Crippen LogP contribution in [0.5, 0.6) is 5.75 Å². The molecule has 2 aromatic rings. The van der Waals surface area contributed by atoms with E-state index in [0.29, 0.717) is 5.56 Å². The van der Waals surface area contributed by atoms with E-state index in [2.05, 4.69) is 10.1 Å². The van der Waals surface area contributed by atoms with Crippen LogP contribution in [0.4, 0.5) is 4.79 Å². The fourth-order valence-electron chi connectivity index (χ4n) is 2.08. The number of amides is 1. The monoisotopic (exact) mass is 271 g/mol. The van der Waals surface area contributed by atoms with Gasteiger partial charge in [-0.15, -0.1) is 0 Å². The van der Waals surface area contributed by atoms with Crippen LogP contribution in [0.3, 0.4) is 0 Å². The van der Waals surface area contributed by atoms with Gasteiger partial charge in [-0.1, -0.05) is 48.5 Å². The molecule has 0 aliphatic rings. The number of phenols is 1. The van der Waals surface area contributed by atoms with Crippen molar-refractivity contribution in [2.45, 2.75) is 13.0 Å². The van der Waals surface area contributed by atoms with Crippen LogP contribution in [-0.4, -0.2) is 18.3 Å². The Bertz CT molecular complexity index is 596. The van der Waals surface area contributed by atoms with E-state index in [1.165, 1.54) is 7.11 Å². The second-order valence-electron chi connectivity index (χ2n) is 4.49. The topological polar surface area (TPSA) is 58.6 Å². The Balaban J connectivity index is 2.46. The van der Waals surface area contributed by atoms with E-state index in [0.717, 1.165) is 11.1 Å². The number of carbonyl (C=O) groups excluding carboxylic acids is 1. The van der Waals surface area contributed by atoms with Crippen molar-refractivity contribution >= 4 is 6.09 Å². The summed E-state index contributed by atoms with van der Waals surface area (Å²) >= 11 is 0. The van der Waals surface area contributed by atoms with Gasteiger partial charge in [0.25, 0.3) is 0 Å². The summed E-state index contributed by atoms with van der Waals surface area (Å²) in [6, 6.07) is 14.4. The van der Waals surface area contributed by atoms with Crippen molar-refractivity contribution in [3.8, 4) is 5.75 Å². The van der Waals surface area contributed by atoms with Crippen molar-refractivity contribution in [3.63, 3.8) is 0 Å². The molecule has 2 aromatic carbocycles. The van der Waals surface area contributed by atoms with Gasteiger partial charge in [0.2, 0.25) is 0 Å². The number of para-hydroxylation sites is 1. The third kappa shape index (κ3) is 2.91. The zero-order valence-corrected chi connectivity index (χ0v) is 11.5. The largest absolute Gasteiger partial charge is 0.507 e. The lowest BCUT2D eigenvalue weighted by Crippen LogP contribution is -2.29. The molecule has 0 radical (unpaired) electrons. The predicted octanol–water partition coefficient (Wildman–Crippen LogP) is 3.15. The van der Waals surface area contributed by atoms with Gasteiger partial charge in [0, 0.05) is 5.56 Å². The fourth-order valence-corrected chi connectivity index (χ4v) is 2.08. The third-order valence-electron chi connectivity index (χ3n) is 3.16. The molecule has 0 spiro atoms. The summed E-state index contributed by atoms with van der Waals surface area (Å²) in [6.45, 7) is 1.82. The first-order valence-corrected chi connectivity index (χ1v) is 6.31. The highest BCUT2D eigenvalue weighted by Crippen LogP contribution is 2.31. The molecule has 0 aromatic heterocycles. The Kier molecular flexibility index (Phi) is 4.25. The van der Waals surface area contributed by atoms with E-state index < -0.39 is 12.1 Å². The number of rotatable bonds is 3. The van der Waals surface area contributed by atoms with Gasteiger partial charge in [-0.25, -0.2) is 4.79 Å². The molecule has 1 unspecified atom stereocenters. The zero-order chi connectivity index (χ0) is 14.5. The Hall–Kier alpha value is -2.49. The highest BCUT2D eigenvalue weighted by atomic mass is 16.5. The summed E-state index contributed by atoms with van der Waals surface area (Å²) in [7, 11) is 1.31. The van der Waals surface area contributed by atoms with Gasteiger partial charge in [0.15, 0.2) is 0 Å². The third-order valence-corrected chi connectivity index (χ3v) is 3.16. The van der Waals surface area contributed by atoms with Gasteiger partial charge >= 0.3 is 6.09 Å². The van der Waals surface area contributed by atoms with E-state index in [1.54, 1.807) is 6.07 Å². The fraction of sp³-hybridized carbons (Fsp3) is 0.188. The van der Waals surface area contributed by atoms with Crippen LogP contribution in [0.1, 0.15) is 22.7 Å². The summed E-state index contributed by atoms with van der Waals surface area (Å²) in [5, 5.41) is 13.0. The summed E-state index contributed by atoms with van der Waals surface area (Å²) in [4.78, 5) is 11.6. The second-order valence-corrected chi connectivity index (χ2v) is 4.49. The van der Waals surface area contributed by atoms with Gasteiger partial charge in [-0.2, -0.15) is 0 Å². The Morgan fingerprint density at radius 3 is 2.50 bits per heavy atom. The molecule has 0 aliphatic carbocycles. The van der Waals surface area contributed by atoms with Crippen LogP contribution in [-0.2, 0) is 4.74 Å². The first kappa shape index (κ1) is 13.9. The molecular formula is C16H17NO3. The highest BCUT2D eigenvalue weighted by Gasteiger charge is 2.20. The van der Waals surface area contributed by atoms with Crippen molar-refractivity contribution < 1.29 is 14.6 Å². The summed E-state index contributed by atoms with van der Waals surface area (Å²) in [5.74, 6) is 0.178.